The van der Waals surface area contributed by atoms with E-state index in [0.29, 0.717) is 16.7 Å². The van der Waals surface area contributed by atoms with Gasteiger partial charge in [0.05, 0.1) is 11.2 Å². The largest absolute Gasteiger partial charge is 0.274 e. The summed E-state index contributed by atoms with van der Waals surface area (Å²) < 4.78 is 0. The van der Waals surface area contributed by atoms with Crippen LogP contribution in [0, 0.1) is 22.7 Å². The maximum Gasteiger partial charge on any atom is 0.237 e. The van der Waals surface area contributed by atoms with Crippen LogP contribution in [0.4, 0.5) is 5.69 Å². The van der Waals surface area contributed by atoms with Crippen molar-refractivity contribution in [2.45, 2.75) is 0 Å². The molecule has 6 heteroatoms. The van der Waals surface area contributed by atoms with Gasteiger partial charge in [-0.25, -0.2) is 0 Å². The standard InChI is InChI=1S/C11H6N6/c12-6-8(7-13)16-17-10-3-1-2-9-11(10)15-5-4-14-9/h1-5,17H. The van der Waals surface area contributed by atoms with E-state index in [0.717, 1.165) is 0 Å². The minimum Gasteiger partial charge on any atom is -0.274 e. The van der Waals surface area contributed by atoms with Gasteiger partial charge < -0.3 is 0 Å². The first-order valence-corrected chi connectivity index (χ1v) is 4.69. The zero-order valence-corrected chi connectivity index (χ0v) is 8.62. The van der Waals surface area contributed by atoms with Gasteiger partial charge in [-0.2, -0.15) is 15.6 Å². The lowest BCUT2D eigenvalue weighted by molar-refractivity contribution is 1.27. The van der Waals surface area contributed by atoms with Gasteiger partial charge in [-0.1, -0.05) is 6.07 Å². The van der Waals surface area contributed by atoms with E-state index in [1.54, 1.807) is 36.7 Å². The molecule has 1 aromatic heterocycles. The van der Waals surface area contributed by atoms with Crippen LogP contribution in [-0.2, 0) is 0 Å². The second kappa shape index (κ2) is 4.69. The molecule has 6 nitrogen and oxygen atoms in total. The molecule has 0 saturated carbocycles. The van der Waals surface area contributed by atoms with Crippen molar-refractivity contribution in [3.8, 4) is 12.1 Å². The van der Waals surface area contributed by atoms with Crippen molar-refractivity contribution >= 4 is 22.4 Å². The molecule has 2 rings (SSSR count). The van der Waals surface area contributed by atoms with Crippen LogP contribution < -0.4 is 5.43 Å². The van der Waals surface area contributed by atoms with Gasteiger partial charge in [-0.3, -0.25) is 15.4 Å². The van der Waals surface area contributed by atoms with Crippen LogP contribution in [0.1, 0.15) is 0 Å². The predicted octanol–water partition coefficient (Wildman–Crippen LogP) is 1.44. The Bertz CT molecular complexity index is 640. The molecule has 0 radical (unpaired) electrons. The number of hydrazone groups is 1. The molecule has 1 heterocycles. The molecule has 17 heavy (non-hydrogen) atoms. The third kappa shape index (κ3) is 2.16. The molecule has 2 aromatic rings. The summed E-state index contributed by atoms with van der Waals surface area (Å²) in [5.41, 5.74) is 4.33. The molecule has 0 saturated heterocycles. The maximum atomic E-state index is 8.55. The molecule has 0 bridgehead atoms. The summed E-state index contributed by atoms with van der Waals surface area (Å²) in [5.74, 6) is 0. The number of fused-ring (bicyclic) bond motifs is 1. The van der Waals surface area contributed by atoms with Gasteiger partial charge in [-0.15, -0.1) is 0 Å². The highest BCUT2D eigenvalue weighted by molar-refractivity contribution is 6.10. The van der Waals surface area contributed by atoms with Crippen LogP contribution in [0.5, 0.6) is 0 Å². The van der Waals surface area contributed by atoms with E-state index in [9.17, 15) is 0 Å². The zero-order chi connectivity index (χ0) is 12.1. The van der Waals surface area contributed by atoms with E-state index >= 15 is 0 Å². The molecule has 0 spiro atoms. The van der Waals surface area contributed by atoms with Crippen LogP contribution in [0.15, 0.2) is 35.7 Å². The number of nitriles is 2. The number of anilines is 1. The van der Waals surface area contributed by atoms with Crippen LogP contribution in [-0.4, -0.2) is 15.7 Å². The van der Waals surface area contributed by atoms with Crippen molar-refractivity contribution < 1.29 is 0 Å². The summed E-state index contributed by atoms with van der Waals surface area (Å²) in [7, 11) is 0. The van der Waals surface area contributed by atoms with E-state index < -0.39 is 0 Å². The third-order valence-electron chi connectivity index (χ3n) is 2.00. The molecular formula is C11H6N6. The average Bonchev–Trinajstić information content (AvgIpc) is 2.40. The summed E-state index contributed by atoms with van der Waals surface area (Å²) in [4.78, 5) is 8.28. The summed E-state index contributed by atoms with van der Waals surface area (Å²) in [6.45, 7) is 0. The Morgan fingerprint density at radius 3 is 2.71 bits per heavy atom. The van der Waals surface area contributed by atoms with Gasteiger partial charge in [0.15, 0.2) is 0 Å². The molecule has 0 unspecified atom stereocenters. The van der Waals surface area contributed by atoms with Crippen molar-refractivity contribution in [3.05, 3.63) is 30.6 Å². The number of para-hydroxylation sites is 1. The van der Waals surface area contributed by atoms with Crippen LogP contribution in [0.25, 0.3) is 11.0 Å². The quantitative estimate of drug-likeness (QED) is 0.612. The van der Waals surface area contributed by atoms with Crippen molar-refractivity contribution in [3.63, 3.8) is 0 Å². The molecule has 80 valence electrons. The Morgan fingerprint density at radius 1 is 1.18 bits per heavy atom. The van der Waals surface area contributed by atoms with Crippen LogP contribution >= 0.6 is 0 Å². The number of rotatable bonds is 2. The van der Waals surface area contributed by atoms with Gasteiger partial charge in [-0.05, 0) is 12.1 Å². The number of aromatic nitrogens is 2. The Morgan fingerprint density at radius 2 is 1.94 bits per heavy atom. The molecule has 1 N–H and O–H groups in total. The molecule has 0 fully saturated rings. The Labute approximate surface area is 96.8 Å². The molecule has 0 aliphatic carbocycles. The second-order valence-corrected chi connectivity index (χ2v) is 3.03. The molecule has 0 atom stereocenters. The molecule has 0 amide bonds. The van der Waals surface area contributed by atoms with Crippen LogP contribution in [0.2, 0.25) is 0 Å². The first-order chi connectivity index (χ1) is 8.35. The van der Waals surface area contributed by atoms with Crippen molar-refractivity contribution in [1.82, 2.24) is 9.97 Å². The number of hydrogen-bond donors (Lipinski definition) is 1. The van der Waals surface area contributed by atoms with Gasteiger partial charge in [0, 0.05) is 12.4 Å². The minimum atomic E-state index is -0.245. The molecule has 1 aromatic carbocycles. The SMILES string of the molecule is N#CC(C#N)=NNc1cccc2nccnc12. The van der Waals surface area contributed by atoms with E-state index in [4.69, 9.17) is 10.5 Å². The summed E-state index contributed by atoms with van der Waals surface area (Å²) >= 11 is 0. The average molecular weight is 222 g/mol. The normalized spacial score (nSPS) is 9.06. The lowest BCUT2D eigenvalue weighted by Gasteiger charge is -2.02. The fourth-order valence-electron chi connectivity index (χ4n) is 1.27. The molecule has 0 aliphatic heterocycles. The molecular weight excluding hydrogens is 216 g/mol. The highest BCUT2D eigenvalue weighted by Crippen LogP contribution is 2.18. The van der Waals surface area contributed by atoms with Gasteiger partial charge in [0.25, 0.3) is 0 Å². The van der Waals surface area contributed by atoms with E-state index in [2.05, 4.69) is 20.5 Å². The highest BCUT2D eigenvalue weighted by atomic mass is 15.3. The van der Waals surface area contributed by atoms with Gasteiger partial charge in [0.2, 0.25) is 5.71 Å². The van der Waals surface area contributed by atoms with Gasteiger partial charge >= 0.3 is 0 Å². The van der Waals surface area contributed by atoms with Crippen LogP contribution in [0.3, 0.4) is 0 Å². The van der Waals surface area contributed by atoms with Crippen molar-refractivity contribution in [2.75, 3.05) is 5.43 Å². The predicted molar refractivity (Wildman–Crippen MR) is 61.8 cm³/mol. The van der Waals surface area contributed by atoms with Gasteiger partial charge in [0.1, 0.15) is 17.7 Å². The first kappa shape index (κ1) is 10.5. The smallest absolute Gasteiger partial charge is 0.237 e. The first-order valence-electron chi connectivity index (χ1n) is 4.69. The number of benzene rings is 1. The lowest BCUT2D eigenvalue weighted by atomic mass is 10.2. The van der Waals surface area contributed by atoms with E-state index in [1.165, 1.54) is 0 Å². The summed E-state index contributed by atoms with van der Waals surface area (Å²) in [6, 6.07) is 8.66. The second-order valence-electron chi connectivity index (χ2n) is 3.03. The highest BCUT2D eigenvalue weighted by Gasteiger charge is 2.01. The minimum absolute atomic E-state index is 0.245. The lowest BCUT2D eigenvalue weighted by Crippen LogP contribution is -1.97. The van der Waals surface area contributed by atoms with Crippen molar-refractivity contribution in [1.29, 1.82) is 10.5 Å². The number of hydrogen-bond acceptors (Lipinski definition) is 6. The molecule has 0 aliphatic rings. The Balaban J connectivity index is 2.41. The number of nitrogens with one attached hydrogen (secondary N) is 1. The van der Waals surface area contributed by atoms with Crippen molar-refractivity contribution in [2.24, 2.45) is 5.10 Å². The van der Waals surface area contributed by atoms with E-state index in [1.807, 2.05) is 6.07 Å². The topological polar surface area (TPSA) is 97.8 Å². The third-order valence-corrected chi connectivity index (χ3v) is 2.00. The fourth-order valence-corrected chi connectivity index (χ4v) is 1.27. The van der Waals surface area contributed by atoms with E-state index in [-0.39, 0.29) is 5.71 Å². The summed E-state index contributed by atoms with van der Waals surface area (Å²) in [6.07, 6.45) is 3.15. The zero-order valence-electron chi connectivity index (χ0n) is 8.62. The Kier molecular flexibility index (Phi) is 2.90. The number of nitrogens with zero attached hydrogens (tertiary/aromatic N) is 5. The Hall–Kier alpha value is -2.99. The maximum absolute atomic E-state index is 8.55. The fraction of sp³-hybridized carbons (Fsp3) is 0. The monoisotopic (exact) mass is 222 g/mol. The summed E-state index contributed by atoms with van der Waals surface area (Å²) in [5, 5.41) is 20.7.